The van der Waals surface area contributed by atoms with E-state index in [1.54, 1.807) is 10.5 Å². The number of aromatic nitrogens is 3. The van der Waals surface area contributed by atoms with Gasteiger partial charge in [0, 0.05) is 38.4 Å². The van der Waals surface area contributed by atoms with E-state index in [1.807, 2.05) is 25.1 Å². The highest BCUT2D eigenvalue weighted by atomic mass is 32.2. The molecule has 0 spiro atoms. The van der Waals surface area contributed by atoms with Crippen molar-refractivity contribution in [1.29, 1.82) is 0 Å². The van der Waals surface area contributed by atoms with Gasteiger partial charge in [-0.2, -0.15) is 4.31 Å². The van der Waals surface area contributed by atoms with E-state index in [9.17, 15) is 8.42 Å². The molecular formula is C17H22N6O2S. The molecule has 0 radical (unpaired) electrons. The van der Waals surface area contributed by atoms with Crippen molar-refractivity contribution in [1.82, 2.24) is 19.3 Å². The van der Waals surface area contributed by atoms with Gasteiger partial charge in [-0.3, -0.25) is 0 Å². The van der Waals surface area contributed by atoms with Crippen LogP contribution in [0, 0.1) is 6.92 Å². The number of hydrogen-bond acceptors (Lipinski definition) is 7. The average Bonchev–Trinajstić information content (AvgIpc) is 3.48. The Labute approximate surface area is 153 Å². The summed E-state index contributed by atoms with van der Waals surface area (Å²) >= 11 is 0. The van der Waals surface area contributed by atoms with Crippen LogP contribution in [0.4, 0.5) is 17.5 Å². The summed E-state index contributed by atoms with van der Waals surface area (Å²) in [5.41, 5.74) is 1.12. The third kappa shape index (κ3) is 3.63. The summed E-state index contributed by atoms with van der Waals surface area (Å²) in [6.45, 7) is 4.28. The lowest BCUT2D eigenvalue weighted by molar-refractivity contribution is 0.383. The van der Waals surface area contributed by atoms with E-state index in [1.165, 1.54) is 6.33 Å². The minimum absolute atomic E-state index is 0.147. The Kier molecular flexibility index (Phi) is 4.49. The van der Waals surface area contributed by atoms with E-state index >= 15 is 0 Å². The second-order valence-electron chi connectivity index (χ2n) is 6.74. The number of aryl methyl sites for hydroxylation is 1. The second-order valence-corrected chi connectivity index (χ2v) is 8.95. The van der Waals surface area contributed by atoms with Gasteiger partial charge < -0.3 is 10.2 Å². The molecule has 9 heteroatoms. The summed E-state index contributed by atoms with van der Waals surface area (Å²) < 4.78 is 26.3. The molecule has 2 aromatic rings. The van der Waals surface area contributed by atoms with Crippen molar-refractivity contribution in [2.24, 2.45) is 0 Å². The lowest BCUT2D eigenvalue weighted by Gasteiger charge is -2.34. The Morgan fingerprint density at radius 3 is 2.46 bits per heavy atom. The van der Waals surface area contributed by atoms with Crippen LogP contribution in [0.25, 0.3) is 0 Å². The van der Waals surface area contributed by atoms with Crippen molar-refractivity contribution >= 4 is 27.5 Å². The third-order valence-electron chi connectivity index (χ3n) is 4.69. The minimum Gasteiger partial charge on any atom is -0.354 e. The molecule has 1 saturated carbocycles. The molecule has 8 nitrogen and oxygen atoms in total. The zero-order valence-corrected chi connectivity index (χ0v) is 15.5. The van der Waals surface area contributed by atoms with Gasteiger partial charge in [0.2, 0.25) is 10.0 Å². The fourth-order valence-electron chi connectivity index (χ4n) is 3.07. The maximum Gasteiger partial charge on any atom is 0.217 e. The molecule has 2 aromatic heterocycles. The lowest BCUT2D eigenvalue weighted by atomic mass is 10.3. The highest BCUT2D eigenvalue weighted by Crippen LogP contribution is 2.31. The van der Waals surface area contributed by atoms with E-state index in [-0.39, 0.29) is 5.25 Å². The van der Waals surface area contributed by atoms with Crippen LogP contribution in [0.5, 0.6) is 0 Å². The maximum atomic E-state index is 12.3. The van der Waals surface area contributed by atoms with Crippen molar-refractivity contribution in [3.8, 4) is 0 Å². The van der Waals surface area contributed by atoms with Gasteiger partial charge in [0.15, 0.2) is 0 Å². The molecule has 26 heavy (non-hydrogen) atoms. The summed E-state index contributed by atoms with van der Waals surface area (Å²) in [4.78, 5) is 15.0. The number of pyridine rings is 1. The van der Waals surface area contributed by atoms with Crippen LogP contribution >= 0.6 is 0 Å². The monoisotopic (exact) mass is 374 g/mol. The first kappa shape index (κ1) is 17.2. The Morgan fingerprint density at radius 2 is 1.77 bits per heavy atom. The predicted molar refractivity (Wildman–Crippen MR) is 100 cm³/mol. The minimum atomic E-state index is -3.09. The molecule has 3 heterocycles. The fraction of sp³-hybridized carbons (Fsp3) is 0.471. The molecule has 4 rings (SSSR count). The first-order valence-corrected chi connectivity index (χ1v) is 10.3. The number of sulfonamides is 1. The number of anilines is 3. The molecule has 0 aromatic carbocycles. The molecule has 1 aliphatic heterocycles. The van der Waals surface area contributed by atoms with Gasteiger partial charge >= 0.3 is 0 Å². The maximum absolute atomic E-state index is 12.3. The molecule has 1 aliphatic carbocycles. The molecule has 138 valence electrons. The van der Waals surface area contributed by atoms with Crippen LogP contribution in [0.1, 0.15) is 18.4 Å². The Hall–Kier alpha value is -2.26. The van der Waals surface area contributed by atoms with E-state index < -0.39 is 10.0 Å². The smallest absolute Gasteiger partial charge is 0.217 e. The fourth-order valence-corrected chi connectivity index (χ4v) is 4.90. The number of piperazine rings is 1. The molecule has 1 N–H and O–H groups in total. The topological polar surface area (TPSA) is 91.3 Å². The number of hydrogen-bond donors (Lipinski definition) is 1. The highest BCUT2D eigenvalue weighted by molar-refractivity contribution is 7.90. The van der Waals surface area contributed by atoms with Crippen molar-refractivity contribution in [3.05, 3.63) is 36.3 Å². The van der Waals surface area contributed by atoms with Gasteiger partial charge in [-0.15, -0.1) is 0 Å². The van der Waals surface area contributed by atoms with Crippen LogP contribution in [0.2, 0.25) is 0 Å². The SMILES string of the molecule is Cc1ccnc(Nc2cc(N3CCN(S(=O)(=O)C4CC4)CC3)ncn2)c1. The Balaban J connectivity index is 1.42. The first-order chi connectivity index (χ1) is 12.5. The van der Waals surface area contributed by atoms with Gasteiger partial charge in [0.05, 0.1) is 5.25 Å². The predicted octanol–water partition coefficient (Wildman–Crippen LogP) is 1.54. The van der Waals surface area contributed by atoms with Crippen LogP contribution in [-0.4, -0.2) is 59.1 Å². The zero-order valence-electron chi connectivity index (χ0n) is 14.7. The summed E-state index contributed by atoms with van der Waals surface area (Å²) in [6, 6.07) is 5.75. The quantitative estimate of drug-likeness (QED) is 0.849. The van der Waals surface area contributed by atoms with E-state index in [4.69, 9.17) is 0 Å². The number of rotatable bonds is 5. The summed E-state index contributed by atoms with van der Waals surface area (Å²) in [6.07, 6.45) is 4.87. The van der Waals surface area contributed by atoms with Gasteiger partial charge in [-0.25, -0.2) is 23.4 Å². The second kappa shape index (κ2) is 6.81. The molecular weight excluding hydrogens is 352 g/mol. The highest BCUT2D eigenvalue weighted by Gasteiger charge is 2.41. The van der Waals surface area contributed by atoms with Crippen molar-refractivity contribution < 1.29 is 8.42 Å². The van der Waals surface area contributed by atoms with Crippen molar-refractivity contribution in [3.63, 3.8) is 0 Å². The molecule has 1 saturated heterocycles. The molecule has 2 fully saturated rings. The Bertz CT molecular complexity index is 892. The standard InChI is InChI=1S/C17H22N6O2S/c1-13-4-5-18-15(10-13)21-16-11-17(20-12-19-16)22-6-8-23(9-7-22)26(24,25)14-2-3-14/h4-5,10-12,14H,2-3,6-9H2,1H3,(H,18,19,20,21). The molecule has 0 atom stereocenters. The van der Waals surface area contributed by atoms with Gasteiger partial charge in [-0.05, 0) is 37.5 Å². The summed E-state index contributed by atoms with van der Waals surface area (Å²) in [7, 11) is -3.09. The average molecular weight is 374 g/mol. The third-order valence-corrected chi connectivity index (χ3v) is 7.09. The van der Waals surface area contributed by atoms with Crippen molar-refractivity contribution in [2.75, 3.05) is 36.4 Å². The lowest BCUT2D eigenvalue weighted by Crippen LogP contribution is -2.49. The molecule has 2 aliphatic rings. The van der Waals surface area contributed by atoms with Crippen LogP contribution in [-0.2, 0) is 10.0 Å². The molecule has 0 bridgehead atoms. The van der Waals surface area contributed by atoms with E-state index in [0.29, 0.717) is 32.0 Å². The summed E-state index contributed by atoms with van der Waals surface area (Å²) in [5.74, 6) is 2.19. The normalized spacial score (nSPS) is 18.7. The first-order valence-electron chi connectivity index (χ1n) is 8.78. The van der Waals surface area contributed by atoms with Crippen LogP contribution in [0.15, 0.2) is 30.7 Å². The van der Waals surface area contributed by atoms with Gasteiger partial charge in [-0.1, -0.05) is 0 Å². The number of nitrogens with one attached hydrogen (secondary N) is 1. The van der Waals surface area contributed by atoms with Gasteiger partial charge in [0.1, 0.15) is 23.8 Å². The zero-order chi connectivity index (χ0) is 18.1. The summed E-state index contributed by atoms with van der Waals surface area (Å²) in [5, 5.41) is 3.04. The molecule has 0 amide bonds. The van der Waals surface area contributed by atoms with E-state index in [2.05, 4.69) is 25.2 Å². The van der Waals surface area contributed by atoms with Crippen molar-refractivity contribution in [2.45, 2.75) is 25.0 Å². The van der Waals surface area contributed by atoms with Crippen LogP contribution < -0.4 is 10.2 Å². The van der Waals surface area contributed by atoms with E-state index in [0.717, 1.165) is 30.0 Å². The Morgan fingerprint density at radius 1 is 1.04 bits per heavy atom. The van der Waals surface area contributed by atoms with Gasteiger partial charge in [0.25, 0.3) is 0 Å². The molecule has 0 unspecified atom stereocenters. The van der Waals surface area contributed by atoms with Crippen LogP contribution in [0.3, 0.4) is 0 Å². The number of nitrogens with zero attached hydrogens (tertiary/aromatic N) is 5. The largest absolute Gasteiger partial charge is 0.354 e.